The van der Waals surface area contributed by atoms with Gasteiger partial charge in [0.2, 0.25) is 65.0 Å². The molecule has 0 saturated carbocycles. The van der Waals surface area contributed by atoms with E-state index in [1.54, 1.807) is 40.2 Å². The van der Waals surface area contributed by atoms with Crippen LogP contribution in [0.3, 0.4) is 0 Å². The first-order chi connectivity index (χ1) is 41.9. The number of imidazole rings is 1. The summed E-state index contributed by atoms with van der Waals surface area (Å²) < 4.78 is 1.95. The molecular formula is C65H111N13O12. The highest BCUT2D eigenvalue weighted by Crippen LogP contribution is 2.29. The van der Waals surface area contributed by atoms with Crippen LogP contribution >= 0.6 is 0 Å². The Morgan fingerprint density at radius 1 is 0.522 bits per heavy atom. The summed E-state index contributed by atoms with van der Waals surface area (Å²) in [6, 6.07) is -12.4. The highest BCUT2D eigenvalue weighted by molar-refractivity contribution is 5.99. The van der Waals surface area contributed by atoms with Gasteiger partial charge in [-0.1, -0.05) is 95.2 Å². The minimum absolute atomic E-state index is 0.108. The SMILES string of the molecule is CC(C)C[C@H]1C(=O)N[C@@H](C(C)C)C(=O)N(C)[C@@H](CC(C)C)C(=O)N[C@@H](C)C(=O)N[C@H](C)C(=O)N(C)[C@@H](CC(C)C)C(=O)N(C)[C@@H](CC(C)C)C(=O)N(C)[C@@H](C(C)C)C(=O)N(C)[C@@H]2C(=O)N[C@@H](C[C@H](C/C=C/CCCn3ccnc3)[C@H]2O)C(=O)N(C)CC(=O)N1C. The lowest BCUT2D eigenvalue weighted by Gasteiger charge is -2.41. The van der Waals surface area contributed by atoms with E-state index in [1.165, 1.54) is 87.7 Å². The second kappa shape index (κ2) is 35.0. The molecule has 0 aliphatic carbocycles. The van der Waals surface area contributed by atoms with Gasteiger partial charge in [0.05, 0.1) is 19.0 Å². The first-order valence-corrected chi connectivity index (χ1v) is 32.2. The van der Waals surface area contributed by atoms with Gasteiger partial charge in [-0.3, -0.25) is 52.7 Å². The summed E-state index contributed by atoms with van der Waals surface area (Å²) in [6.45, 7) is 24.9. The van der Waals surface area contributed by atoms with Crippen molar-refractivity contribution in [2.45, 2.75) is 221 Å². The van der Waals surface area contributed by atoms with Crippen molar-refractivity contribution in [1.29, 1.82) is 0 Å². The van der Waals surface area contributed by atoms with Crippen molar-refractivity contribution >= 4 is 65.0 Å². The van der Waals surface area contributed by atoms with Gasteiger partial charge in [-0.25, -0.2) is 4.98 Å². The number of likely N-dealkylation sites (N-methyl/N-ethyl adjacent to an activating group) is 7. The maximum absolute atomic E-state index is 15.2. The number of carbonyl (C=O) groups excluding carboxylic acids is 11. The smallest absolute Gasteiger partial charge is 0.246 e. The summed E-state index contributed by atoms with van der Waals surface area (Å²) >= 11 is 0. The van der Waals surface area contributed by atoms with E-state index in [9.17, 15) is 43.5 Å². The molecule has 3 heterocycles. The number of aliphatic hydroxyl groups excluding tert-OH is 1. The van der Waals surface area contributed by atoms with E-state index in [0.717, 1.165) is 16.2 Å². The van der Waals surface area contributed by atoms with E-state index in [2.05, 4.69) is 26.3 Å². The standard InChI is InChI=1S/C65H111N13O12/c1-37(2)30-47-58(83)70-52(41(9)10)64(89)73(17)48(31-38(3)4)57(82)67-43(13)56(81)68-44(14)60(85)74(18)49(32-39(5)6)62(87)75(19)50(33-40(7)8)63(88)76(20)53(42(11)12)65(90)77(21)54-55(80)45(26-24-22-23-25-28-78-29-27-66-36-78)34-46(69-59(54)84)61(86)71(15)35-51(79)72(47)16/h22,24,27,29,36-50,52-55,80H,23,25-26,28,30-35H2,1-21H3,(H,67,82)(H,68,81)(H,69,84)(H,70,83)/b24-22+/t43-,44+,45-,46-,47-,48-,49-,50-,52-,53-,54-,55+/m0/s1. The third kappa shape index (κ3) is 21.1. The fraction of sp³-hybridized carbons (Fsp3) is 0.754. The second-order valence-electron chi connectivity index (χ2n) is 27.5. The van der Waals surface area contributed by atoms with E-state index in [1.807, 2.05) is 78.3 Å². The molecule has 12 atom stereocenters. The van der Waals surface area contributed by atoms with Gasteiger partial charge >= 0.3 is 0 Å². The molecule has 25 heteroatoms. The number of aliphatic hydroxyl groups is 1. The molecule has 2 aliphatic rings. The van der Waals surface area contributed by atoms with E-state index in [0.29, 0.717) is 13.0 Å². The number of rotatable bonds is 16. The minimum atomic E-state index is -1.58. The van der Waals surface area contributed by atoms with Gasteiger partial charge in [-0.05, 0) is 107 Å². The lowest BCUT2D eigenvalue weighted by atomic mass is 9.87. The second-order valence-corrected chi connectivity index (χ2v) is 27.5. The first kappa shape index (κ1) is 77.3. The highest BCUT2D eigenvalue weighted by atomic mass is 16.3. The molecule has 1 aromatic rings. The Balaban J connectivity index is 2.28. The number of allylic oxidation sites excluding steroid dienone is 2. The molecule has 2 bridgehead atoms. The third-order valence-electron chi connectivity index (χ3n) is 17.3. The van der Waals surface area contributed by atoms with Crippen LogP contribution in [-0.2, 0) is 59.3 Å². The van der Waals surface area contributed by atoms with Crippen molar-refractivity contribution in [3.05, 3.63) is 30.9 Å². The number of carbonyl (C=O) groups is 11. The van der Waals surface area contributed by atoms with E-state index in [-0.39, 0.29) is 62.2 Å². The van der Waals surface area contributed by atoms with Crippen molar-refractivity contribution in [2.24, 2.45) is 41.4 Å². The number of aromatic nitrogens is 2. The lowest BCUT2D eigenvalue weighted by molar-refractivity contribution is -0.157. The molecule has 2 fully saturated rings. The molecule has 90 heavy (non-hydrogen) atoms. The van der Waals surface area contributed by atoms with Crippen LogP contribution < -0.4 is 21.3 Å². The Bertz CT molecular complexity index is 2640. The summed E-state index contributed by atoms with van der Waals surface area (Å²) in [4.78, 5) is 174. The molecule has 0 unspecified atom stereocenters. The zero-order chi connectivity index (χ0) is 68.5. The highest BCUT2D eigenvalue weighted by Gasteiger charge is 2.48. The minimum Gasteiger partial charge on any atom is -0.390 e. The normalized spacial score (nSPS) is 27.6. The number of hydrogen-bond acceptors (Lipinski definition) is 13. The molecule has 0 aromatic carbocycles. The summed E-state index contributed by atoms with van der Waals surface area (Å²) in [5, 5.41) is 23.5. The van der Waals surface area contributed by atoms with Crippen molar-refractivity contribution in [3.63, 3.8) is 0 Å². The number of unbranched alkanes of at least 4 members (excludes halogenated alkanes) is 1. The van der Waals surface area contributed by atoms with Gasteiger partial charge in [-0.15, -0.1) is 0 Å². The van der Waals surface area contributed by atoms with Gasteiger partial charge in [0.1, 0.15) is 60.4 Å². The van der Waals surface area contributed by atoms with Gasteiger partial charge in [-0.2, -0.15) is 0 Å². The topological polar surface area (TPSA) is 297 Å². The molecule has 11 amide bonds. The van der Waals surface area contributed by atoms with Crippen LogP contribution in [0.5, 0.6) is 0 Å². The zero-order valence-corrected chi connectivity index (χ0v) is 57.8. The molecule has 508 valence electrons. The van der Waals surface area contributed by atoms with Crippen LogP contribution in [0.4, 0.5) is 0 Å². The molecule has 25 nitrogen and oxygen atoms in total. The van der Waals surface area contributed by atoms with Gasteiger partial charge in [0, 0.05) is 68.3 Å². The lowest BCUT2D eigenvalue weighted by Crippen LogP contribution is -2.62. The molecule has 3 rings (SSSR count). The summed E-state index contributed by atoms with van der Waals surface area (Å²) in [7, 11) is 9.96. The average molecular weight is 1270 g/mol. The predicted octanol–water partition coefficient (Wildman–Crippen LogP) is 2.90. The van der Waals surface area contributed by atoms with Crippen LogP contribution in [0.1, 0.15) is 148 Å². The maximum Gasteiger partial charge on any atom is 0.246 e. The zero-order valence-electron chi connectivity index (χ0n) is 57.8. The van der Waals surface area contributed by atoms with E-state index < -0.39 is 156 Å². The molecule has 0 spiro atoms. The number of fused-ring (bicyclic) bond motifs is 3. The van der Waals surface area contributed by atoms with Crippen molar-refractivity contribution in [2.75, 3.05) is 55.9 Å². The van der Waals surface area contributed by atoms with Crippen LogP contribution in [0, 0.1) is 41.4 Å². The van der Waals surface area contributed by atoms with Crippen molar-refractivity contribution in [1.82, 2.24) is 65.1 Å². The maximum atomic E-state index is 15.2. The monoisotopic (exact) mass is 1270 g/mol. The first-order valence-electron chi connectivity index (χ1n) is 32.2. The molecule has 5 N–H and O–H groups in total. The number of amides is 11. The Hall–Kier alpha value is -6.92. The number of nitrogens with one attached hydrogen (secondary N) is 4. The van der Waals surface area contributed by atoms with Gasteiger partial charge in [0.15, 0.2) is 0 Å². The number of nitrogens with zero attached hydrogens (tertiary/aromatic N) is 9. The molecule has 2 aliphatic heterocycles. The Kier molecular flexibility index (Phi) is 30.1. The Labute approximate surface area is 535 Å². The van der Waals surface area contributed by atoms with E-state index >= 15 is 14.4 Å². The fourth-order valence-corrected chi connectivity index (χ4v) is 11.9. The van der Waals surface area contributed by atoms with Crippen LogP contribution in [0.15, 0.2) is 30.9 Å². The van der Waals surface area contributed by atoms with Crippen LogP contribution in [0.25, 0.3) is 0 Å². The average Bonchev–Trinajstić information content (AvgIpc) is 1.84. The quantitative estimate of drug-likeness (QED) is 0.118. The van der Waals surface area contributed by atoms with Crippen LogP contribution in [-0.4, -0.2) is 236 Å². The van der Waals surface area contributed by atoms with Gasteiger partial charge in [0.25, 0.3) is 0 Å². The van der Waals surface area contributed by atoms with Crippen molar-refractivity contribution < 1.29 is 57.8 Å². The van der Waals surface area contributed by atoms with E-state index in [4.69, 9.17) is 0 Å². The largest absolute Gasteiger partial charge is 0.390 e. The summed E-state index contributed by atoms with van der Waals surface area (Å²) in [6.07, 6.45) is 9.62. The van der Waals surface area contributed by atoms with Gasteiger partial charge < -0.3 is 65.2 Å². The molecule has 1 aromatic heterocycles. The number of hydrogen-bond donors (Lipinski definition) is 5. The van der Waals surface area contributed by atoms with Crippen molar-refractivity contribution in [3.8, 4) is 0 Å². The Morgan fingerprint density at radius 2 is 1.01 bits per heavy atom. The third-order valence-corrected chi connectivity index (χ3v) is 17.3. The molecule has 2 saturated heterocycles. The van der Waals surface area contributed by atoms with Crippen LogP contribution in [0.2, 0.25) is 0 Å². The number of aryl methyl sites for hydroxylation is 1. The summed E-state index contributed by atoms with van der Waals surface area (Å²) in [5.74, 6) is -9.92. The fourth-order valence-electron chi connectivity index (χ4n) is 11.9. The summed E-state index contributed by atoms with van der Waals surface area (Å²) in [5.41, 5.74) is 0. The molecule has 0 radical (unpaired) electrons. The Morgan fingerprint density at radius 3 is 1.52 bits per heavy atom. The molecular weight excluding hydrogens is 1150 g/mol. The predicted molar refractivity (Wildman–Crippen MR) is 343 cm³/mol.